The van der Waals surface area contributed by atoms with Crippen LogP contribution < -0.4 is 5.32 Å². The molecule has 16 heavy (non-hydrogen) atoms. The number of carbonyl (C=O) groups excluding carboxylic acids is 2. The predicted octanol–water partition coefficient (Wildman–Crippen LogP) is 1.65. The van der Waals surface area contributed by atoms with E-state index in [1.54, 1.807) is 13.0 Å². The number of amides is 2. The molecule has 2 rings (SSSR count). The lowest BCUT2D eigenvalue weighted by Crippen LogP contribution is -2.39. The maximum absolute atomic E-state index is 13.2. The summed E-state index contributed by atoms with van der Waals surface area (Å²) in [5.41, 5.74) is 1.42. The average Bonchev–Trinajstić information content (AvgIpc) is 2.15. The number of rotatable bonds is 1. The lowest BCUT2D eigenvalue weighted by atomic mass is 9.90. The fourth-order valence-corrected chi connectivity index (χ4v) is 1.98. The minimum atomic E-state index is -0.410. The number of hydrogen-bond acceptors (Lipinski definition) is 2. The fourth-order valence-electron chi connectivity index (χ4n) is 1.98. The molecule has 1 aliphatic rings. The summed E-state index contributed by atoms with van der Waals surface area (Å²) in [6.45, 7) is 1.78. The SMILES string of the molecule is Cc1cc(F)cc(C2CCC(=O)NC2=O)c1. The van der Waals surface area contributed by atoms with Gasteiger partial charge in [0.15, 0.2) is 0 Å². The molecule has 0 radical (unpaired) electrons. The number of nitrogens with one attached hydrogen (secondary N) is 1. The van der Waals surface area contributed by atoms with Crippen molar-refractivity contribution in [1.29, 1.82) is 0 Å². The van der Waals surface area contributed by atoms with Crippen LogP contribution in [0.1, 0.15) is 29.9 Å². The van der Waals surface area contributed by atoms with Crippen molar-refractivity contribution in [1.82, 2.24) is 5.32 Å². The van der Waals surface area contributed by atoms with Crippen LogP contribution in [0.4, 0.5) is 4.39 Å². The van der Waals surface area contributed by atoms with E-state index in [0.29, 0.717) is 18.4 Å². The van der Waals surface area contributed by atoms with Gasteiger partial charge in [-0.2, -0.15) is 0 Å². The van der Waals surface area contributed by atoms with Crippen molar-refractivity contribution in [3.63, 3.8) is 0 Å². The predicted molar refractivity (Wildman–Crippen MR) is 56.3 cm³/mol. The normalized spacial score (nSPS) is 20.8. The van der Waals surface area contributed by atoms with Crippen molar-refractivity contribution in [2.24, 2.45) is 0 Å². The molecule has 4 heteroatoms. The first-order valence-electron chi connectivity index (χ1n) is 5.17. The summed E-state index contributed by atoms with van der Waals surface area (Å²) in [6, 6.07) is 4.55. The highest BCUT2D eigenvalue weighted by Gasteiger charge is 2.28. The van der Waals surface area contributed by atoms with Crippen LogP contribution in [0.25, 0.3) is 0 Å². The largest absolute Gasteiger partial charge is 0.296 e. The van der Waals surface area contributed by atoms with Gasteiger partial charge in [-0.25, -0.2) is 4.39 Å². The second-order valence-corrected chi connectivity index (χ2v) is 4.07. The molecule has 1 atom stereocenters. The third-order valence-corrected chi connectivity index (χ3v) is 2.71. The van der Waals surface area contributed by atoms with Crippen LogP contribution in [-0.4, -0.2) is 11.8 Å². The monoisotopic (exact) mass is 221 g/mol. The molecule has 1 unspecified atom stereocenters. The van der Waals surface area contributed by atoms with Crippen LogP contribution in [0.2, 0.25) is 0 Å². The number of halogens is 1. The van der Waals surface area contributed by atoms with E-state index >= 15 is 0 Å². The number of aryl methyl sites for hydroxylation is 1. The topological polar surface area (TPSA) is 46.2 Å². The Labute approximate surface area is 92.7 Å². The fraction of sp³-hybridized carbons (Fsp3) is 0.333. The number of carbonyl (C=O) groups is 2. The zero-order chi connectivity index (χ0) is 11.7. The van der Waals surface area contributed by atoms with Gasteiger partial charge in [0.2, 0.25) is 11.8 Å². The molecule has 84 valence electrons. The van der Waals surface area contributed by atoms with Crippen molar-refractivity contribution >= 4 is 11.8 Å². The number of imide groups is 1. The number of piperidine rings is 1. The van der Waals surface area contributed by atoms with Crippen LogP contribution in [0.3, 0.4) is 0 Å². The van der Waals surface area contributed by atoms with Gasteiger partial charge in [-0.15, -0.1) is 0 Å². The minimum absolute atomic E-state index is 0.255. The molecule has 1 aromatic carbocycles. The Kier molecular flexibility index (Phi) is 2.73. The quantitative estimate of drug-likeness (QED) is 0.733. The van der Waals surface area contributed by atoms with Gasteiger partial charge >= 0.3 is 0 Å². The second kappa shape index (κ2) is 4.04. The van der Waals surface area contributed by atoms with Crippen LogP contribution >= 0.6 is 0 Å². The van der Waals surface area contributed by atoms with E-state index in [2.05, 4.69) is 5.32 Å². The molecule has 0 bridgehead atoms. The second-order valence-electron chi connectivity index (χ2n) is 4.07. The third-order valence-electron chi connectivity index (χ3n) is 2.71. The van der Waals surface area contributed by atoms with E-state index in [4.69, 9.17) is 0 Å². The van der Waals surface area contributed by atoms with Crippen LogP contribution in [-0.2, 0) is 9.59 Å². The highest BCUT2D eigenvalue weighted by atomic mass is 19.1. The molecule has 0 saturated carbocycles. The maximum atomic E-state index is 13.2. The van der Waals surface area contributed by atoms with E-state index in [0.717, 1.165) is 5.56 Å². The van der Waals surface area contributed by atoms with Crippen LogP contribution in [0.5, 0.6) is 0 Å². The van der Waals surface area contributed by atoms with Gasteiger partial charge in [0, 0.05) is 6.42 Å². The van der Waals surface area contributed by atoms with Gasteiger partial charge in [-0.3, -0.25) is 14.9 Å². The molecule has 1 fully saturated rings. The van der Waals surface area contributed by atoms with E-state index < -0.39 is 5.92 Å². The van der Waals surface area contributed by atoms with E-state index in [1.165, 1.54) is 12.1 Å². The van der Waals surface area contributed by atoms with Gasteiger partial charge < -0.3 is 0 Å². The Balaban J connectivity index is 2.30. The lowest BCUT2D eigenvalue weighted by molar-refractivity contribution is -0.134. The van der Waals surface area contributed by atoms with Crippen molar-refractivity contribution in [3.8, 4) is 0 Å². The maximum Gasteiger partial charge on any atom is 0.234 e. The average molecular weight is 221 g/mol. The van der Waals surface area contributed by atoms with Crippen molar-refractivity contribution < 1.29 is 14.0 Å². The zero-order valence-electron chi connectivity index (χ0n) is 8.92. The first-order chi connectivity index (χ1) is 7.56. The molecule has 3 nitrogen and oxygen atoms in total. The lowest BCUT2D eigenvalue weighted by Gasteiger charge is -2.21. The molecule has 1 heterocycles. The number of hydrogen-bond donors (Lipinski definition) is 1. The minimum Gasteiger partial charge on any atom is -0.296 e. The first-order valence-corrected chi connectivity index (χ1v) is 5.17. The number of benzene rings is 1. The third kappa shape index (κ3) is 2.10. The first kappa shape index (κ1) is 10.8. The van der Waals surface area contributed by atoms with Crippen molar-refractivity contribution in [2.45, 2.75) is 25.7 Å². The molecule has 0 spiro atoms. The molecular weight excluding hydrogens is 209 g/mol. The van der Waals surface area contributed by atoms with Crippen LogP contribution in [0, 0.1) is 12.7 Å². The standard InChI is InChI=1S/C12H12FNO2/c1-7-4-8(6-9(13)5-7)10-2-3-11(15)14-12(10)16/h4-6,10H,2-3H2,1H3,(H,14,15,16). The van der Waals surface area contributed by atoms with Gasteiger partial charge in [0.1, 0.15) is 5.82 Å². The highest BCUT2D eigenvalue weighted by molar-refractivity contribution is 6.00. The summed E-state index contributed by atoms with van der Waals surface area (Å²) in [5.74, 6) is -1.34. The smallest absolute Gasteiger partial charge is 0.234 e. The summed E-state index contributed by atoms with van der Waals surface area (Å²) in [7, 11) is 0. The van der Waals surface area contributed by atoms with Gasteiger partial charge in [0.25, 0.3) is 0 Å². The Morgan fingerprint density at radius 2 is 2.06 bits per heavy atom. The van der Waals surface area contributed by atoms with Crippen molar-refractivity contribution in [2.75, 3.05) is 0 Å². The highest BCUT2D eigenvalue weighted by Crippen LogP contribution is 2.26. The summed E-state index contributed by atoms with van der Waals surface area (Å²) >= 11 is 0. The Bertz CT molecular complexity index is 436. The molecular formula is C12H12FNO2. The Hall–Kier alpha value is -1.71. The van der Waals surface area contributed by atoms with Crippen molar-refractivity contribution in [3.05, 3.63) is 35.1 Å². The molecule has 0 aliphatic carbocycles. The van der Waals surface area contributed by atoms with E-state index in [-0.39, 0.29) is 17.6 Å². The summed E-state index contributed by atoms with van der Waals surface area (Å²) in [6.07, 6.45) is 0.763. The van der Waals surface area contributed by atoms with Gasteiger partial charge in [0.05, 0.1) is 5.92 Å². The Morgan fingerprint density at radius 3 is 2.69 bits per heavy atom. The molecule has 1 saturated heterocycles. The molecule has 0 aromatic heterocycles. The Morgan fingerprint density at radius 1 is 1.31 bits per heavy atom. The van der Waals surface area contributed by atoms with E-state index in [9.17, 15) is 14.0 Å². The van der Waals surface area contributed by atoms with Gasteiger partial charge in [-0.05, 0) is 36.6 Å². The molecule has 1 aromatic rings. The van der Waals surface area contributed by atoms with E-state index in [1.807, 2.05) is 0 Å². The zero-order valence-corrected chi connectivity index (χ0v) is 8.92. The summed E-state index contributed by atoms with van der Waals surface area (Å²) in [5, 5.41) is 2.27. The molecule has 1 aliphatic heterocycles. The van der Waals surface area contributed by atoms with Crippen LogP contribution in [0.15, 0.2) is 18.2 Å². The molecule has 2 amide bonds. The molecule has 1 N–H and O–H groups in total. The summed E-state index contributed by atoms with van der Waals surface area (Å²) < 4.78 is 13.2. The summed E-state index contributed by atoms with van der Waals surface area (Å²) in [4.78, 5) is 22.6. The van der Waals surface area contributed by atoms with Gasteiger partial charge in [-0.1, -0.05) is 6.07 Å².